The highest BCUT2D eigenvalue weighted by Crippen LogP contribution is 2.46. The highest BCUT2D eigenvalue weighted by molar-refractivity contribution is 8.13. The summed E-state index contributed by atoms with van der Waals surface area (Å²) in [6, 6.07) is 5.83. The van der Waals surface area contributed by atoms with Gasteiger partial charge in [0.05, 0.1) is 22.2 Å². The van der Waals surface area contributed by atoms with E-state index in [1.165, 1.54) is 36.2 Å². The second-order valence-corrected chi connectivity index (χ2v) is 8.72. The molecule has 0 bridgehead atoms. The Bertz CT molecular complexity index is 1010. The van der Waals surface area contributed by atoms with E-state index in [4.69, 9.17) is 33.7 Å². The van der Waals surface area contributed by atoms with E-state index >= 15 is 0 Å². The van der Waals surface area contributed by atoms with E-state index < -0.39 is 17.3 Å². The first-order valence-electron chi connectivity index (χ1n) is 8.87. The molecule has 1 saturated heterocycles. The average molecular weight is 455 g/mol. The Balaban J connectivity index is 1.69. The Morgan fingerprint density at radius 3 is 3.00 bits per heavy atom. The maximum absolute atomic E-state index is 14.9. The fraction of sp³-hybridized carbons (Fsp3) is 0.316. The normalized spacial score (nSPS) is 23.8. The summed E-state index contributed by atoms with van der Waals surface area (Å²) in [5.41, 5.74) is 6.00. The van der Waals surface area contributed by atoms with Crippen LogP contribution in [0.4, 0.5) is 10.1 Å². The summed E-state index contributed by atoms with van der Waals surface area (Å²) in [5, 5.41) is 3.59. The number of nitrogens with two attached hydrogens (primary N) is 1. The quantitative estimate of drug-likeness (QED) is 0.729. The minimum atomic E-state index is -0.811. The van der Waals surface area contributed by atoms with Gasteiger partial charge < -0.3 is 15.8 Å². The van der Waals surface area contributed by atoms with Gasteiger partial charge in [0.1, 0.15) is 11.5 Å². The lowest BCUT2D eigenvalue weighted by Gasteiger charge is -2.44. The summed E-state index contributed by atoms with van der Waals surface area (Å²) in [6.07, 6.45) is 1.85. The van der Waals surface area contributed by atoms with E-state index in [0.717, 1.165) is 0 Å². The maximum Gasteiger partial charge on any atom is 0.275 e. The van der Waals surface area contributed by atoms with Gasteiger partial charge in [-0.15, -0.1) is 0 Å². The van der Waals surface area contributed by atoms with E-state index in [2.05, 4.69) is 15.3 Å². The molecular weight excluding hydrogens is 438 g/mol. The van der Waals surface area contributed by atoms with Crippen LogP contribution in [0.1, 0.15) is 22.5 Å². The molecule has 3 N–H and O–H groups in total. The van der Waals surface area contributed by atoms with Crippen LogP contribution in [0.2, 0.25) is 10.0 Å². The fourth-order valence-electron chi connectivity index (χ4n) is 3.66. The first-order chi connectivity index (χ1) is 13.9. The van der Waals surface area contributed by atoms with Crippen LogP contribution in [-0.4, -0.2) is 35.0 Å². The van der Waals surface area contributed by atoms with Gasteiger partial charge in [-0.1, -0.05) is 35.0 Å². The molecule has 2 aliphatic heterocycles. The topological polar surface area (TPSA) is 89.6 Å². The number of anilines is 1. The molecule has 10 heteroatoms. The zero-order valence-corrected chi connectivity index (χ0v) is 17.5. The molecule has 0 saturated carbocycles. The summed E-state index contributed by atoms with van der Waals surface area (Å²) >= 11 is 13.3. The molecule has 152 valence electrons. The van der Waals surface area contributed by atoms with Crippen LogP contribution in [-0.2, 0) is 10.3 Å². The molecule has 1 aromatic heterocycles. The van der Waals surface area contributed by atoms with Crippen molar-refractivity contribution in [2.75, 3.05) is 24.3 Å². The standard InChI is InChI=1S/C19H17Cl2FN4O2S/c20-11-5-14(21)16(24-7-11)17(27)25-12-1-2-15(22)13(6-12)19-3-4-28-8-10(19)9-29-18(23)26-19/h1-2,5-7,10H,3-4,8-9H2,(H2,23,26)(H,25,27)/t10-,19-/m0/s1. The third kappa shape index (κ3) is 3.94. The number of ether oxygens (including phenoxy) is 1. The number of fused-ring (bicyclic) bond motifs is 1. The molecule has 2 aromatic rings. The number of amides is 1. The van der Waals surface area contributed by atoms with E-state index in [0.29, 0.717) is 46.8 Å². The second-order valence-electron chi connectivity index (χ2n) is 6.84. The van der Waals surface area contributed by atoms with Gasteiger partial charge in [0.2, 0.25) is 0 Å². The average Bonchev–Trinajstić information content (AvgIpc) is 2.69. The fourth-order valence-corrected chi connectivity index (χ4v) is 5.10. The van der Waals surface area contributed by atoms with Crippen molar-refractivity contribution in [1.82, 2.24) is 4.98 Å². The van der Waals surface area contributed by atoms with E-state index in [1.807, 2.05) is 0 Å². The molecule has 1 amide bonds. The lowest BCUT2D eigenvalue weighted by atomic mass is 9.75. The molecule has 0 radical (unpaired) electrons. The van der Waals surface area contributed by atoms with Crippen molar-refractivity contribution < 1.29 is 13.9 Å². The first kappa shape index (κ1) is 20.4. The van der Waals surface area contributed by atoms with Gasteiger partial charge in [-0.25, -0.2) is 9.37 Å². The lowest BCUT2D eigenvalue weighted by Crippen LogP contribution is -2.47. The third-order valence-corrected chi connectivity index (χ3v) is 6.53. The van der Waals surface area contributed by atoms with Crippen molar-refractivity contribution in [1.29, 1.82) is 0 Å². The molecule has 0 aliphatic carbocycles. The summed E-state index contributed by atoms with van der Waals surface area (Å²) in [6.45, 7) is 0.933. The van der Waals surface area contributed by atoms with Crippen LogP contribution in [0, 0.1) is 11.7 Å². The number of nitrogens with one attached hydrogen (secondary N) is 1. The molecular formula is C19H17Cl2FN4O2S. The van der Waals surface area contributed by atoms with Crippen LogP contribution < -0.4 is 11.1 Å². The second kappa shape index (κ2) is 8.10. The van der Waals surface area contributed by atoms with Gasteiger partial charge in [-0.2, -0.15) is 0 Å². The van der Waals surface area contributed by atoms with Gasteiger partial charge in [-0.05, 0) is 24.3 Å². The molecule has 4 rings (SSSR count). The summed E-state index contributed by atoms with van der Waals surface area (Å²) in [7, 11) is 0. The van der Waals surface area contributed by atoms with Crippen LogP contribution in [0.5, 0.6) is 0 Å². The van der Waals surface area contributed by atoms with E-state index in [9.17, 15) is 9.18 Å². The van der Waals surface area contributed by atoms with Crippen molar-refractivity contribution in [3.8, 4) is 0 Å². The minimum absolute atomic E-state index is 0.0126. The number of nitrogens with zero attached hydrogens (tertiary/aromatic N) is 2. The van der Waals surface area contributed by atoms with Crippen molar-refractivity contribution in [3.05, 3.63) is 57.6 Å². The number of hydrogen-bond donors (Lipinski definition) is 2. The van der Waals surface area contributed by atoms with Crippen molar-refractivity contribution in [2.45, 2.75) is 12.0 Å². The van der Waals surface area contributed by atoms with Crippen LogP contribution in [0.15, 0.2) is 35.5 Å². The Labute approximate surface area is 181 Å². The number of amidine groups is 1. The largest absolute Gasteiger partial charge is 0.381 e. The molecule has 0 spiro atoms. The highest BCUT2D eigenvalue weighted by atomic mass is 35.5. The molecule has 1 aromatic carbocycles. The molecule has 29 heavy (non-hydrogen) atoms. The number of rotatable bonds is 3. The predicted molar refractivity (Wildman–Crippen MR) is 113 cm³/mol. The van der Waals surface area contributed by atoms with Gasteiger partial charge in [-0.3, -0.25) is 9.79 Å². The minimum Gasteiger partial charge on any atom is -0.381 e. The van der Waals surface area contributed by atoms with Gasteiger partial charge in [0.15, 0.2) is 5.17 Å². The molecule has 1 fully saturated rings. The first-order valence-corrected chi connectivity index (χ1v) is 10.6. The van der Waals surface area contributed by atoms with Crippen LogP contribution in [0.3, 0.4) is 0 Å². The van der Waals surface area contributed by atoms with E-state index in [-0.39, 0.29) is 16.6 Å². The summed E-state index contributed by atoms with van der Waals surface area (Å²) in [5.74, 6) is -0.245. The number of pyridine rings is 1. The number of carbonyl (C=O) groups is 1. The Morgan fingerprint density at radius 1 is 1.38 bits per heavy atom. The van der Waals surface area contributed by atoms with Gasteiger partial charge in [0.25, 0.3) is 5.91 Å². The van der Waals surface area contributed by atoms with Crippen molar-refractivity contribution in [3.63, 3.8) is 0 Å². The molecule has 0 unspecified atom stereocenters. The maximum atomic E-state index is 14.9. The number of thioether (sulfide) groups is 1. The Kier molecular flexibility index (Phi) is 5.70. The number of hydrogen-bond acceptors (Lipinski definition) is 6. The zero-order valence-electron chi connectivity index (χ0n) is 15.1. The van der Waals surface area contributed by atoms with Crippen LogP contribution in [0.25, 0.3) is 0 Å². The zero-order chi connectivity index (χ0) is 20.6. The van der Waals surface area contributed by atoms with Crippen LogP contribution >= 0.6 is 35.0 Å². The molecule has 3 heterocycles. The predicted octanol–water partition coefficient (Wildman–Crippen LogP) is 4.07. The SMILES string of the molecule is NC1=N[C@@]2(c3cc(NC(=O)c4ncc(Cl)cc4Cl)ccc3F)CCOC[C@H]2CS1. The summed E-state index contributed by atoms with van der Waals surface area (Å²) in [4.78, 5) is 21.2. The molecule has 2 aliphatic rings. The molecule has 6 nitrogen and oxygen atoms in total. The number of carbonyl (C=O) groups excluding carboxylic acids is 1. The third-order valence-electron chi connectivity index (χ3n) is 5.08. The monoisotopic (exact) mass is 454 g/mol. The number of aliphatic imine (C=N–C) groups is 1. The summed E-state index contributed by atoms with van der Waals surface area (Å²) < 4.78 is 20.5. The highest BCUT2D eigenvalue weighted by Gasteiger charge is 2.47. The molecule has 2 atom stereocenters. The Hall–Kier alpha value is -1.87. The smallest absolute Gasteiger partial charge is 0.275 e. The van der Waals surface area contributed by atoms with Crippen molar-refractivity contribution in [2.24, 2.45) is 16.6 Å². The Morgan fingerprint density at radius 2 is 2.21 bits per heavy atom. The lowest BCUT2D eigenvalue weighted by molar-refractivity contribution is 0.00886. The number of aromatic nitrogens is 1. The van der Waals surface area contributed by atoms with Crippen molar-refractivity contribution >= 4 is 51.7 Å². The number of halogens is 3. The van der Waals surface area contributed by atoms with E-state index in [1.54, 1.807) is 6.07 Å². The number of benzene rings is 1. The van der Waals surface area contributed by atoms with Gasteiger partial charge in [0, 0.05) is 42.1 Å². The van der Waals surface area contributed by atoms with Gasteiger partial charge >= 0.3 is 0 Å².